The van der Waals surface area contributed by atoms with Crippen LogP contribution in [-0.2, 0) is 46.5 Å². The van der Waals surface area contributed by atoms with E-state index in [0.717, 1.165) is 11.1 Å². The van der Waals surface area contributed by atoms with Gasteiger partial charge in [-0.05, 0) is 51.2 Å². The summed E-state index contributed by atoms with van der Waals surface area (Å²) >= 11 is 0. The van der Waals surface area contributed by atoms with Crippen LogP contribution < -0.4 is 21.4 Å². The van der Waals surface area contributed by atoms with Crippen molar-refractivity contribution in [3.8, 4) is 0 Å². The first-order chi connectivity index (χ1) is 22.6. The lowest BCUT2D eigenvalue weighted by Crippen LogP contribution is -2.47. The number of hydrogen-bond acceptors (Lipinski definition) is 10. The van der Waals surface area contributed by atoms with Gasteiger partial charge in [-0.1, -0.05) is 60.7 Å². The molecule has 0 aliphatic carbocycles. The first-order valence-corrected chi connectivity index (χ1v) is 15.6. The summed E-state index contributed by atoms with van der Waals surface area (Å²) in [6.45, 7) is 7.21. The molecule has 0 unspecified atom stereocenters. The molecule has 2 rings (SSSR count). The fourth-order valence-electron chi connectivity index (χ4n) is 3.81. The highest BCUT2D eigenvalue weighted by molar-refractivity contribution is 5.85. The molecule has 0 saturated carbocycles. The molecule has 14 nitrogen and oxygen atoms in total. The number of carbonyl (C=O) groups excluding carboxylic acids is 4. The second-order valence-electron chi connectivity index (χ2n) is 11.2. The van der Waals surface area contributed by atoms with Gasteiger partial charge in [-0.2, -0.15) is 5.48 Å². The topological polar surface area (TPSA) is 172 Å². The molecule has 2 aromatic carbocycles. The third-order valence-electron chi connectivity index (χ3n) is 6.02. The monoisotopic (exact) mass is 660 g/mol. The van der Waals surface area contributed by atoms with Crippen LogP contribution in [0.25, 0.3) is 0 Å². The summed E-state index contributed by atoms with van der Waals surface area (Å²) < 4.78 is 26.4. The number of amides is 4. The number of ether oxygens (including phenoxy) is 5. The Balaban J connectivity index is 1.63. The lowest BCUT2D eigenvalue weighted by Gasteiger charge is -2.19. The number of hydrogen-bond donors (Lipinski definition) is 4. The van der Waals surface area contributed by atoms with Gasteiger partial charge in [-0.15, -0.1) is 0 Å². The normalized spacial score (nSPS) is 11.6. The molecule has 47 heavy (non-hydrogen) atoms. The maximum atomic E-state index is 12.9. The highest BCUT2D eigenvalue weighted by atomic mass is 16.7. The van der Waals surface area contributed by atoms with Crippen LogP contribution in [0.5, 0.6) is 0 Å². The second kappa shape index (κ2) is 23.0. The number of hydroxylamine groups is 1. The minimum Gasteiger partial charge on any atom is -0.445 e. The molecule has 0 aromatic heterocycles. The molecule has 0 radical (unpaired) electrons. The Morgan fingerprint density at radius 2 is 1.23 bits per heavy atom. The molecule has 260 valence electrons. The predicted octanol–water partition coefficient (Wildman–Crippen LogP) is 3.98. The molecule has 0 saturated heterocycles. The van der Waals surface area contributed by atoms with E-state index in [1.807, 2.05) is 60.7 Å². The summed E-state index contributed by atoms with van der Waals surface area (Å²) in [6.07, 6.45) is -0.489. The van der Waals surface area contributed by atoms with Crippen LogP contribution in [0.15, 0.2) is 60.7 Å². The Morgan fingerprint density at radius 1 is 0.660 bits per heavy atom. The largest absolute Gasteiger partial charge is 0.445 e. The average molecular weight is 661 g/mol. The van der Waals surface area contributed by atoms with Gasteiger partial charge in [0.25, 0.3) is 0 Å². The van der Waals surface area contributed by atoms with Crippen LogP contribution in [-0.4, -0.2) is 82.0 Å². The standard InChI is InChI=1S/C33H48N4O10/c1-33(2,3)47-32(41)37-46-23-22-43-21-20-42-19-18-34-29(38)28(36-31(40)45-25-27-14-8-5-9-15-27)16-10-11-17-35-30(39)44-24-26-12-6-4-7-13-26/h4-9,12-15,28H,10-11,16-25H2,1-3H3,(H,34,38)(H,35,39)(H,36,40)(H,37,41)/t28-/m0/s1. The van der Waals surface area contributed by atoms with E-state index in [2.05, 4.69) is 21.4 Å². The van der Waals surface area contributed by atoms with Crippen LogP contribution in [0, 0.1) is 0 Å². The van der Waals surface area contributed by atoms with Crippen LogP contribution >= 0.6 is 0 Å². The predicted molar refractivity (Wildman–Crippen MR) is 172 cm³/mol. The van der Waals surface area contributed by atoms with E-state index in [0.29, 0.717) is 25.8 Å². The Hall–Kier alpha value is -4.40. The fraction of sp³-hybridized carbons (Fsp3) is 0.515. The highest BCUT2D eigenvalue weighted by Gasteiger charge is 2.21. The van der Waals surface area contributed by atoms with Gasteiger partial charge in [0, 0.05) is 13.1 Å². The fourth-order valence-corrected chi connectivity index (χ4v) is 3.81. The van der Waals surface area contributed by atoms with Gasteiger partial charge in [0.2, 0.25) is 5.91 Å². The molecule has 4 amide bonds. The summed E-state index contributed by atoms with van der Waals surface area (Å²) in [6, 6.07) is 17.7. The Kier molecular flexibility index (Phi) is 19.0. The van der Waals surface area contributed by atoms with Gasteiger partial charge in [0.1, 0.15) is 24.9 Å². The van der Waals surface area contributed by atoms with Crippen molar-refractivity contribution >= 4 is 24.2 Å². The van der Waals surface area contributed by atoms with Gasteiger partial charge in [0.15, 0.2) is 0 Å². The average Bonchev–Trinajstić information content (AvgIpc) is 3.04. The highest BCUT2D eigenvalue weighted by Crippen LogP contribution is 2.07. The van der Waals surface area contributed by atoms with Gasteiger partial charge >= 0.3 is 18.3 Å². The zero-order valence-electron chi connectivity index (χ0n) is 27.4. The number of benzene rings is 2. The second-order valence-corrected chi connectivity index (χ2v) is 11.2. The first kappa shape index (κ1) is 38.8. The van der Waals surface area contributed by atoms with Gasteiger partial charge < -0.3 is 39.6 Å². The summed E-state index contributed by atoms with van der Waals surface area (Å²) in [5.41, 5.74) is 3.26. The van der Waals surface area contributed by atoms with E-state index in [1.54, 1.807) is 20.8 Å². The van der Waals surface area contributed by atoms with Gasteiger partial charge in [-0.25, -0.2) is 14.4 Å². The summed E-state index contributed by atoms with van der Waals surface area (Å²) in [5, 5.41) is 8.09. The van der Waals surface area contributed by atoms with Crippen molar-refractivity contribution in [3.05, 3.63) is 71.8 Å². The Morgan fingerprint density at radius 3 is 1.85 bits per heavy atom. The quantitative estimate of drug-likeness (QED) is 0.0872. The molecule has 4 N–H and O–H groups in total. The van der Waals surface area contributed by atoms with E-state index >= 15 is 0 Å². The molecule has 0 aliphatic rings. The van der Waals surface area contributed by atoms with Crippen molar-refractivity contribution in [2.75, 3.05) is 46.1 Å². The van der Waals surface area contributed by atoms with Crippen LogP contribution in [0.2, 0.25) is 0 Å². The van der Waals surface area contributed by atoms with Crippen LogP contribution in [0.1, 0.15) is 51.2 Å². The molecule has 0 bridgehead atoms. The number of rotatable bonds is 21. The zero-order chi connectivity index (χ0) is 34.2. The molecule has 0 aliphatic heterocycles. The summed E-state index contributed by atoms with van der Waals surface area (Å²) in [4.78, 5) is 53.8. The van der Waals surface area contributed by atoms with Crippen molar-refractivity contribution in [1.82, 2.24) is 21.4 Å². The third-order valence-corrected chi connectivity index (χ3v) is 6.02. The lowest BCUT2D eigenvalue weighted by molar-refractivity contribution is -0.123. The van der Waals surface area contributed by atoms with E-state index < -0.39 is 29.9 Å². The number of alkyl carbamates (subject to hydrolysis) is 2. The molecule has 2 aromatic rings. The third kappa shape index (κ3) is 20.4. The van der Waals surface area contributed by atoms with Crippen LogP contribution in [0.3, 0.4) is 0 Å². The maximum Gasteiger partial charge on any atom is 0.431 e. The molecule has 1 atom stereocenters. The molecular weight excluding hydrogens is 612 g/mol. The van der Waals surface area contributed by atoms with Crippen molar-refractivity contribution in [3.63, 3.8) is 0 Å². The summed E-state index contributed by atoms with van der Waals surface area (Å²) in [7, 11) is 0. The zero-order valence-corrected chi connectivity index (χ0v) is 27.4. The van der Waals surface area contributed by atoms with Crippen molar-refractivity contribution in [2.45, 2.75) is 64.9 Å². The molecule has 14 heteroatoms. The van der Waals surface area contributed by atoms with E-state index in [1.165, 1.54) is 0 Å². The molecular formula is C33H48N4O10. The minimum absolute atomic E-state index is 0.0678. The number of carbonyl (C=O) groups is 4. The number of nitrogens with one attached hydrogen (secondary N) is 4. The molecule has 0 heterocycles. The summed E-state index contributed by atoms with van der Waals surface area (Å²) in [5.74, 6) is -0.383. The van der Waals surface area contributed by atoms with E-state index in [-0.39, 0.29) is 58.7 Å². The van der Waals surface area contributed by atoms with Gasteiger partial charge in [-0.3, -0.25) is 9.63 Å². The van der Waals surface area contributed by atoms with E-state index in [4.69, 9.17) is 28.5 Å². The Bertz CT molecular complexity index is 1180. The first-order valence-electron chi connectivity index (χ1n) is 15.6. The SMILES string of the molecule is CC(C)(C)OC(=O)NOCCOCCOCCNC(=O)[C@H](CCCCNC(=O)OCc1ccccc1)NC(=O)OCc1ccccc1. The van der Waals surface area contributed by atoms with Crippen LogP contribution in [0.4, 0.5) is 14.4 Å². The lowest BCUT2D eigenvalue weighted by atomic mass is 10.1. The van der Waals surface area contributed by atoms with Gasteiger partial charge in [0.05, 0.1) is 33.0 Å². The molecule has 0 fully saturated rings. The minimum atomic E-state index is -0.846. The molecule has 0 spiro atoms. The van der Waals surface area contributed by atoms with Crippen molar-refractivity contribution < 1.29 is 47.7 Å². The van der Waals surface area contributed by atoms with E-state index in [9.17, 15) is 19.2 Å². The number of unbranched alkanes of at least 4 members (excludes halogenated alkanes) is 1. The Labute approximate surface area is 276 Å². The smallest absolute Gasteiger partial charge is 0.431 e. The maximum absolute atomic E-state index is 12.9. The van der Waals surface area contributed by atoms with Crippen molar-refractivity contribution in [2.24, 2.45) is 0 Å². The van der Waals surface area contributed by atoms with Crippen molar-refractivity contribution in [1.29, 1.82) is 0 Å².